The fourth-order valence-electron chi connectivity index (χ4n) is 1.55. The smallest absolute Gasteiger partial charge is 0.195 e. The highest BCUT2D eigenvalue weighted by atomic mass is 16.1. The van der Waals surface area contributed by atoms with E-state index in [1.807, 2.05) is 44.4 Å². The quantitative estimate of drug-likeness (QED) is 0.447. The minimum Gasteiger partial charge on any atom is -0.323 e. The molecule has 0 aliphatic rings. The van der Waals surface area contributed by atoms with Gasteiger partial charge >= 0.3 is 0 Å². The molecule has 0 aliphatic carbocycles. The summed E-state index contributed by atoms with van der Waals surface area (Å²) in [6.07, 6.45) is 0. The summed E-state index contributed by atoms with van der Waals surface area (Å²) in [5, 5.41) is 2.75. The van der Waals surface area contributed by atoms with Crippen molar-refractivity contribution in [3.05, 3.63) is 65.7 Å². The number of ketones is 1. The minimum absolute atomic E-state index is 0.0332. The van der Waals surface area contributed by atoms with E-state index in [9.17, 15) is 4.79 Å². The van der Waals surface area contributed by atoms with Gasteiger partial charge in [-0.15, -0.1) is 0 Å². The summed E-state index contributed by atoms with van der Waals surface area (Å²) in [6, 6.07) is 16.3. The Morgan fingerprint density at radius 1 is 0.947 bits per heavy atom. The van der Waals surface area contributed by atoms with Gasteiger partial charge in [-0.1, -0.05) is 42.5 Å². The Morgan fingerprint density at radius 3 is 2.05 bits per heavy atom. The molecule has 4 heteroatoms. The van der Waals surface area contributed by atoms with E-state index in [-0.39, 0.29) is 5.78 Å². The Balaban J connectivity index is 0.000000550. The monoisotopic (exact) mass is 257 g/mol. The molecule has 0 amide bonds. The lowest BCUT2D eigenvalue weighted by Crippen LogP contribution is -2.12. The van der Waals surface area contributed by atoms with Gasteiger partial charge in [0.1, 0.15) is 0 Å². The molecule has 0 saturated heterocycles. The van der Waals surface area contributed by atoms with Crippen LogP contribution in [0.4, 0.5) is 5.69 Å². The third-order valence-corrected chi connectivity index (χ3v) is 2.36. The highest BCUT2D eigenvalue weighted by Gasteiger charge is 2.11. The molecule has 0 unspecified atom stereocenters. The Labute approximate surface area is 113 Å². The van der Waals surface area contributed by atoms with Gasteiger partial charge in [0.05, 0.1) is 5.69 Å². The number of para-hydroxylation sites is 1. The van der Waals surface area contributed by atoms with E-state index < -0.39 is 0 Å². The molecule has 0 aliphatic heterocycles. The third kappa shape index (κ3) is 4.21. The molecule has 2 aromatic carbocycles. The Hall–Kier alpha value is -2.17. The van der Waals surface area contributed by atoms with E-state index >= 15 is 0 Å². The number of nitrogens with two attached hydrogens (primary N) is 1. The SMILES string of the molecule is CNC.NNc1ccccc1C(=O)c1ccccc1. The van der Waals surface area contributed by atoms with Crippen molar-refractivity contribution in [3.8, 4) is 0 Å². The number of hydrogen-bond acceptors (Lipinski definition) is 4. The van der Waals surface area contributed by atoms with Gasteiger partial charge in [-0.2, -0.15) is 0 Å². The highest BCUT2D eigenvalue weighted by Crippen LogP contribution is 2.17. The van der Waals surface area contributed by atoms with Gasteiger partial charge in [0.2, 0.25) is 0 Å². The minimum atomic E-state index is -0.0332. The Morgan fingerprint density at radius 2 is 1.47 bits per heavy atom. The molecule has 4 N–H and O–H groups in total. The first kappa shape index (κ1) is 14.9. The van der Waals surface area contributed by atoms with Gasteiger partial charge in [-0.05, 0) is 26.2 Å². The van der Waals surface area contributed by atoms with E-state index in [1.165, 1.54) is 0 Å². The molecule has 0 bridgehead atoms. The molecule has 0 spiro atoms. The molecule has 0 atom stereocenters. The predicted octanol–water partition coefficient (Wildman–Crippen LogP) is 2.04. The van der Waals surface area contributed by atoms with E-state index in [2.05, 4.69) is 10.7 Å². The summed E-state index contributed by atoms with van der Waals surface area (Å²) >= 11 is 0. The zero-order valence-corrected chi connectivity index (χ0v) is 11.2. The molecular formula is C15H19N3O. The summed E-state index contributed by atoms with van der Waals surface area (Å²) < 4.78 is 0. The van der Waals surface area contributed by atoms with Crippen molar-refractivity contribution in [1.82, 2.24) is 5.32 Å². The topological polar surface area (TPSA) is 67.2 Å². The van der Waals surface area contributed by atoms with Crippen molar-refractivity contribution in [2.45, 2.75) is 0 Å². The molecule has 2 aromatic rings. The van der Waals surface area contributed by atoms with Gasteiger partial charge in [0.25, 0.3) is 0 Å². The van der Waals surface area contributed by atoms with Crippen molar-refractivity contribution in [3.63, 3.8) is 0 Å². The van der Waals surface area contributed by atoms with Crippen LogP contribution >= 0.6 is 0 Å². The fraction of sp³-hybridized carbons (Fsp3) is 0.133. The fourth-order valence-corrected chi connectivity index (χ4v) is 1.55. The number of nitrogens with one attached hydrogen (secondary N) is 2. The standard InChI is InChI=1S/C13H12N2O.C2H7N/c14-15-12-9-5-4-8-11(12)13(16)10-6-2-1-3-7-10;1-3-2/h1-9,15H,14H2;3H,1-2H3. The van der Waals surface area contributed by atoms with Gasteiger partial charge < -0.3 is 10.7 Å². The van der Waals surface area contributed by atoms with Crippen LogP contribution in [0.2, 0.25) is 0 Å². The number of rotatable bonds is 3. The lowest BCUT2D eigenvalue weighted by atomic mass is 10.0. The maximum atomic E-state index is 12.1. The average molecular weight is 257 g/mol. The maximum absolute atomic E-state index is 12.1. The van der Waals surface area contributed by atoms with E-state index in [0.29, 0.717) is 16.8 Å². The van der Waals surface area contributed by atoms with Crippen LogP contribution in [0.3, 0.4) is 0 Å². The Kier molecular flexibility index (Phi) is 6.29. The van der Waals surface area contributed by atoms with Crippen LogP contribution in [0.25, 0.3) is 0 Å². The first-order chi connectivity index (χ1) is 9.24. The lowest BCUT2D eigenvalue weighted by Gasteiger charge is -2.07. The molecule has 0 heterocycles. The number of carbonyl (C=O) groups excluding carboxylic acids is 1. The summed E-state index contributed by atoms with van der Waals surface area (Å²) in [7, 11) is 3.75. The second-order valence-corrected chi connectivity index (χ2v) is 3.89. The molecule has 19 heavy (non-hydrogen) atoms. The normalized spacial score (nSPS) is 9.21. The van der Waals surface area contributed by atoms with Crippen LogP contribution in [0, 0.1) is 0 Å². The third-order valence-electron chi connectivity index (χ3n) is 2.36. The van der Waals surface area contributed by atoms with Crippen LogP contribution in [-0.4, -0.2) is 19.9 Å². The number of benzene rings is 2. The van der Waals surface area contributed by atoms with Gasteiger partial charge in [-0.25, -0.2) is 0 Å². The lowest BCUT2D eigenvalue weighted by molar-refractivity contribution is 0.103. The van der Waals surface area contributed by atoms with Crippen LogP contribution < -0.4 is 16.6 Å². The molecule has 0 saturated carbocycles. The van der Waals surface area contributed by atoms with Gasteiger partial charge in [0.15, 0.2) is 5.78 Å². The predicted molar refractivity (Wildman–Crippen MR) is 79.1 cm³/mol. The average Bonchev–Trinajstić information content (AvgIpc) is 2.48. The number of hydrogen-bond donors (Lipinski definition) is 3. The van der Waals surface area contributed by atoms with Gasteiger partial charge in [-0.3, -0.25) is 10.6 Å². The van der Waals surface area contributed by atoms with E-state index in [4.69, 9.17) is 5.84 Å². The largest absolute Gasteiger partial charge is 0.323 e. The Bertz CT molecular complexity index is 512. The van der Waals surface area contributed by atoms with Gasteiger partial charge in [0, 0.05) is 11.1 Å². The second kappa shape index (κ2) is 8.02. The van der Waals surface area contributed by atoms with Crippen LogP contribution in [0.5, 0.6) is 0 Å². The molecule has 4 nitrogen and oxygen atoms in total. The zero-order chi connectivity index (χ0) is 14.1. The molecule has 0 fully saturated rings. The second-order valence-electron chi connectivity index (χ2n) is 3.89. The first-order valence-electron chi connectivity index (χ1n) is 5.98. The highest BCUT2D eigenvalue weighted by molar-refractivity contribution is 6.12. The molecular weight excluding hydrogens is 238 g/mol. The molecule has 2 rings (SSSR count). The number of carbonyl (C=O) groups is 1. The molecule has 0 aromatic heterocycles. The molecule has 100 valence electrons. The van der Waals surface area contributed by atoms with Crippen molar-refractivity contribution < 1.29 is 4.79 Å². The van der Waals surface area contributed by atoms with E-state index in [1.54, 1.807) is 24.3 Å². The van der Waals surface area contributed by atoms with Crippen LogP contribution in [-0.2, 0) is 0 Å². The summed E-state index contributed by atoms with van der Waals surface area (Å²) in [5.41, 5.74) is 4.40. The zero-order valence-electron chi connectivity index (χ0n) is 11.2. The van der Waals surface area contributed by atoms with Crippen LogP contribution in [0.1, 0.15) is 15.9 Å². The maximum Gasteiger partial charge on any atom is 0.195 e. The number of nitrogen functional groups attached to an aromatic ring is 1. The van der Waals surface area contributed by atoms with Crippen molar-refractivity contribution >= 4 is 11.5 Å². The number of anilines is 1. The summed E-state index contributed by atoms with van der Waals surface area (Å²) in [5.74, 6) is 5.33. The number of hydrazine groups is 1. The summed E-state index contributed by atoms with van der Waals surface area (Å²) in [6.45, 7) is 0. The van der Waals surface area contributed by atoms with Crippen molar-refractivity contribution in [1.29, 1.82) is 0 Å². The first-order valence-corrected chi connectivity index (χ1v) is 5.98. The van der Waals surface area contributed by atoms with E-state index in [0.717, 1.165) is 0 Å². The summed E-state index contributed by atoms with van der Waals surface area (Å²) in [4.78, 5) is 12.1. The molecule has 0 radical (unpaired) electrons. The van der Waals surface area contributed by atoms with Crippen LogP contribution in [0.15, 0.2) is 54.6 Å². The van der Waals surface area contributed by atoms with Crippen molar-refractivity contribution in [2.24, 2.45) is 5.84 Å². The van der Waals surface area contributed by atoms with Crippen molar-refractivity contribution in [2.75, 3.05) is 19.5 Å².